The number of alkyl halides is 6. The molecule has 1 rings (SSSR count). The van der Waals surface area contributed by atoms with E-state index in [4.69, 9.17) is 0 Å². The van der Waals surface area contributed by atoms with Crippen molar-refractivity contribution in [1.29, 1.82) is 0 Å². The van der Waals surface area contributed by atoms with Gasteiger partial charge in [0.05, 0.1) is 15.7 Å². The fourth-order valence-electron chi connectivity index (χ4n) is 1.47. The lowest BCUT2D eigenvalue weighted by Crippen LogP contribution is -2.41. The van der Waals surface area contributed by atoms with Gasteiger partial charge in [0, 0.05) is 0 Å². The number of halogens is 6. The molecule has 1 aromatic rings. The van der Waals surface area contributed by atoms with Gasteiger partial charge in [0.15, 0.2) is 0 Å². The molecule has 0 spiro atoms. The molecule has 0 aliphatic rings. The number of benzene rings is 1. The molecule has 0 bridgehead atoms. The Morgan fingerprint density at radius 2 is 1.48 bits per heavy atom. The van der Waals surface area contributed by atoms with Crippen molar-refractivity contribution in [3.63, 3.8) is 0 Å². The highest BCUT2D eigenvalue weighted by molar-refractivity contribution is 7.84. The monoisotopic (exact) mass is 363 g/mol. The molecule has 0 aliphatic carbocycles. The smallest absolute Gasteiger partial charge is 0.406 e. The molecule has 0 unspecified atom stereocenters. The Kier molecular flexibility index (Phi) is 5.74. The lowest BCUT2D eigenvalue weighted by atomic mass is 10.1. The molecule has 23 heavy (non-hydrogen) atoms. The molecule has 0 heterocycles. The molecule has 0 amide bonds. The zero-order chi connectivity index (χ0) is 18.1. The van der Waals surface area contributed by atoms with Gasteiger partial charge < -0.3 is 4.74 Å². The average Bonchev–Trinajstić information content (AvgIpc) is 2.32. The van der Waals surface area contributed by atoms with Gasteiger partial charge in [0.25, 0.3) is 0 Å². The Morgan fingerprint density at radius 3 is 1.83 bits per heavy atom. The predicted molar refractivity (Wildman–Crippen MR) is 73.0 cm³/mol. The molecule has 2 atom stereocenters. The van der Waals surface area contributed by atoms with Crippen LogP contribution in [0.3, 0.4) is 0 Å². The second-order valence-corrected chi connectivity index (χ2v) is 7.59. The van der Waals surface area contributed by atoms with E-state index in [0.717, 1.165) is 24.3 Å². The number of rotatable bonds is 4. The first-order chi connectivity index (χ1) is 10.2. The van der Waals surface area contributed by atoms with Gasteiger partial charge in [-0.25, -0.2) is 8.93 Å². The summed E-state index contributed by atoms with van der Waals surface area (Å²) in [6.07, 6.45) is -9.70. The molecule has 1 aromatic carbocycles. The minimum Gasteiger partial charge on any atom is -0.406 e. The van der Waals surface area contributed by atoms with Gasteiger partial charge in [-0.3, -0.25) is 0 Å². The highest BCUT2D eigenvalue weighted by atomic mass is 32.2. The summed E-state index contributed by atoms with van der Waals surface area (Å²) < 4.78 is 92.0. The van der Waals surface area contributed by atoms with Crippen LogP contribution in [0, 0.1) is 0 Å². The van der Waals surface area contributed by atoms with Crippen molar-refractivity contribution in [2.24, 2.45) is 0 Å². The van der Waals surface area contributed by atoms with E-state index in [-0.39, 0.29) is 5.56 Å². The zero-order valence-corrected chi connectivity index (χ0v) is 13.2. The Hall–Kier alpha value is -1.29. The summed E-state index contributed by atoms with van der Waals surface area (Å²) >= 11 is 0. The quantitative estimate of drug-likeness (QED) is 0.813. The largest absolute Gasteiger partial charge is 0.573 e. The highest BCUT2D eigenvalue weighted by Gasteiger charge is 2.43. The zero-order valence-electron chi connectivity index (χ0n) is 12.4. The first-order valence-electron chi connectivity index (χ1n) is 6.30. The number of nitrogens with one attached hydrogen (secondary N) is 1. The molecule has 0 radical (unpaired) electrons. The fourth-order valence-corrected chi connectivity index (χ4v) is 2.31. The van der Waals surface area contributed by atoms with Crippen molar-refractivity contribution in [3.8, 4) is 5.75 Å². The first-order valence-corrected chi connectivity index (χ1v) is 7.45. The maximum Gasteiger partial charge on any atom is 0.573 e. The van der Waals surface area contributed by atoms with Gasteiger partial charge in [-0.15, -0.1) is 13.2 Å². The standard InChI is InChI=1S/C13H15F6NO2S/c1-11(2,3)23(21)20-10(12(14,15)16)8-4-6-9(7-5-8)22-13(17,18)19/h4-7,10,20H,1-3H3/t10-,23-/m1/s1. The number of hydrogen-bond acceptors (Lipinski definition) is 2. The van der Waals surface area contributed by atoms with E-state index in [2.05, 4.69) is 4.74 Å². The molecule has 0 fully saturated rings. The molecular formula is C13H15F6NO2S. The molecule has 3 nitrogen and oxygen atoms in total. The summed E-state index contributed by atoms with van der Waals surface area (Å²) in [6, 6.07) is 0.938. The van der Waals surface area contributed by atoms with Gasteiger partial charge in [0.1, 0.15) is 11.8 Å². The van der Waals surface area contributed by atoms with Crippen LogP contribution in [0.15, 0.2) is 24.3 Å². The van der Waals surface area contributed by atoms with Crippen molar-refractivity contribution in [1.82, 2.24) is 4.72 Å². The summed E-state index contributed by atoms with van der Waals surface area (Å²) in [4.78, 5) is 0. The summed E-state index contributed by atoms with van der Waals surface area (Å²) in [5.74, 6) is -0.640. The van der Waals surface area contributed by atoms with E-state index < -0.39 is 40.1 Å². The Balaban J connectivity index is 3.03. The van der Waals surface area contributed by atoms with Crippen LogP contribution in [0.5, 0.6) is 5.75 Å². The maximum atomic E-state index is 13.1. The molecule has 132 valence electrons. The van der Waals surface area contributed by atoms with Crippen LogP contribution in [-0.2, 0) is 11.0 Å². The topological polar surface area (TPSA) is 38.3 Å². The van der Waals surface area contributed by atoms with Crippen LogP contribution in [0.1, 0.15) is 32.4 Å². The van der Waals surface area contributed by atoms with Gasteiger partial charge in [0.2, 0.25) is 0 Å². The highest BCUT2D eigenvalue weighted by Crippen LogP contribution is 2.35. The number of hydrogen-bond donors (Lipinski definition) is 1. The lowest BCUT2D eigenvalue weighted by molar-refractivity contribution is -0.274. The van der Waals surface area contributed by atoms with Crippen molar-refractivity contribution in [3.05, 3.63) is 29.8 Å². The molecule has 0 aromatic heterocycles. The second-order valence-electron chi connectivity index (χ2n) is 5.59. The summed E-state index contributed by atoms with van der Waals surface area (Å²) in [6.45, 7) is 4.47. The summed E-state index contributed by atoms with van der Waals surface area (Å²) in [5, 5.41) is 0. The van der Waals surface area contributed by atoms with E-state index >= 15 is 0 Å². The SMILES string of the molecule is CC(C)(C)[S@@](=O)N[C@H](c1ccc(OC(F)(F)F)cc1)C(F)(F)F. The molecule has 0 saturated heterocycles. The van der Waals surface area contributed by atoms with E-state index in [9.17, 15) is 30.6 Å². The third kappa shape index (κ3) is 6.38. The van der Waals surface area contributed by atoms with Gasteiger partial charge in [-0.1, -0.05) is 12.1 Å². The van der Waals surface area contributed by atoms with E-state index in [1.807, 2.05) is 4.72 Å². The minimum absolute atomic E-state index is 0.371. The van der Waals surface area contributed by atoms with E-state index in [1.165, 1.54) is 20.8 Å². The first kappa shape index (κ1) is 19.8. The van der Waals surface area contributed by atoms with Crippen molar-refractivity contribution < 1.29 is 35.3 Å². The third-order valence-electron chi connectivity index (χ3n) is 2.56. The van der Waals surface area contributed by atoms with Crippen LogP contribution in [0.4, 0.5) is 26.3 Å². The van der Waals surface area contributed by atoms with E-state index in [1.54, 1.807) is 0 Å². The van der Waals surface area contributed by atoms with Crippen LogP contribution in [-0.4, -0.2) is 21.5 Å². The van der Waals surface area contributed by atoms with Gasteiger partial charge in [-0.05, 0) is 38.5 Å². The molecular weight excluding hydrogens is 348 g/mol. The minimum atomic E-state index is -4.93. The molecule has 1 N–H and O–H groups in total. The lowest BCUT2D eigenvalue weighted by Gasteiger charge is -2.26. The average molecular weight is 363 g/mol. The fraction of sp³-hybridized carbons (Fsp3) is 0.538. The predicted octanol–water partition coefficient (Wildman–Crippen LogP) is 4.24. The Bertz CT molecular complexity index is 548. The second kappa shape index (κ2) is 6.68. The van der Waals surface area contributed by atoms with E-state index in [0.29, 0.717) is 0 Å². The van der Waals surface area contributed by atoms with Gasteiger partial charge >= 0.3 is 12.5 Å². The third-order valence-corrected chi connectivity index (χ3v) is 4.12. The maximum absolute atomic E-state index is 13.1. The normalized spacial score (nSPS) is 16.0. The summed E-state index contributed by atoms with van der Waals surface area (Å²) in [5.41, 5.74) is -0.371. The van der Waals surface area contributed by atoms with Crippen molar-refractivity contribution in [2.45, 2.75) is 44.1 Å². The number of ether oxygens (including phenoxy) is 1. The Labute approximate surface area is 131 Å². The van der Waals surface area contributed by atoms with Crippen molar-refractivity contribution in [2.75, 3.05) is 0 Å². The van der Waals surface area contributed by atoms with Crippen LogP contribution in [0.25, 0.3) is 0 Å². The molecule has 0 aliphatic heterocycles. The molecule has 10 heteroatoms. The van der Waals surface area contributed by atoms with Crippen LogP contribution < -0.4 is 9.46 Å². The van der Waals surface area contributed by atoms with Gasteiger partial charge in [-0.2, -0.15) is 13.2 Å². The Morgan fingerprint density at radius 1 is 1.00 bits per heavy atom. The van der Waals surface area contributed by atoms with Crippen LogP contribution >= 0.6 is 0 Å². The summed E-state index contributed by atoms with van der Waals surface area (Å²) in [7, 11) is -2.02. The molecule has 0 saturated carbocycles. The van der Waals surface area contributed by atoms with Crippen LogP contribution in [0.2, 0.25) is 0 Å². The van der Waals surface area contributed by atoms with Crippen molar-refractivity contribution >= 4 is 11.0 Å².